The summed E-state index contributed by atoms with van der Waals surface area (Å²) in [6.45, 7) is 0. The number of benzene rings is 3. The molecule has 0 bridgehead atoms. The fourth-order valence-corrected chi connectivity index (χ4v) is 4.65. The van der Waals surface area contributed by atoms with Crippen molar-refractivity contribution in [2.75, 3.05) is 12.4 Å². The highest BCUT2D eigenvalue weighted by Gasteiger charge is 2.25. The van der Waals surface area contributed by atoms with Crippen molar-refractivity contribution >= 4 is 23.5 Å². The van der Waals surface area contributed by atoms with Gasteiger partial charge in [0.25, 0.3) is 5.91 Å². The maximum atomic E-state index is 13.1. The van der Waals surface area contributed by atoms with Crippen molar-refractivity contribution in [3.05, 3.63) is 95.7 Å². The predicted molar refractivity (Wildman–Crippen MR) is 126 cm³/mol. The molecule has 0 atom stereocenters. The third-order valence-electron chi connectivity index (χ3n) is 5.20. The number of carbonyl (C=O) groups excluding carboxylic acids is 1. The summed E-state index contributed by atoms with van der Waals surface area (Å²) in [5, 5.41) is 7.84. The Kier molecular flexibility index (Phi) is 5.56. The van der Waals surface area contributed by atoms with Gasteiger partial charge in [-0.2, -0.15) is 16.9 Å². The molecule has 1 N–H and O–H groups in total. The molecular formula is C25H21N3O3S. The number of nitrogens with zero attached hydrogens (tertiary/aromatic N) is 2. The molecule has 5 rings (SSSR count). The zero-order valence-corrected chi connectivity index (χ0v) is 18.3. The number of anilines is 1. The van der Waals surface area contributed by atoms with Crippen molar-refractivity contribution in [2.24, 2.45) is 0 Å². The van der Waals surface area contributed by atoms with Crippen molar-refractivity contribution in [2.45, 2.75) is 11.5 Å². The molecule has 0 radical (unpaired) electrons. The van der Waals surface area contributed by atoms with E-state index in [0.29, 0.717) is 17.1 Å². The van der Waals surface area contributed by atoms with Gasteiger partial charge in [0.1, 0.15) is 23.1 Å². The molecule has 0 spiro atoms. The fraction of sp³-hybridized carbons (Fsp3) is 0.120. The molecule has 1 aliphatic rings. The zero-order valence-electron chi connectivity index (χ0n) is 17.4. The van der Waals surface area contributed by atoms with Crippen LogP contribution in [0.25, 0.3) is 5.69 Å². The van der Waals surface area contributed by atoms with Crippen LogP contribution in [-0.2, 0) is 11.5 Å². The summed E-state index contributed by atoms with van der Waals surface area (Å²) in [6, 6.07) is 24.5. The van der Waals surface area contributed by atoms with Crippen molar-refractivity contribution in [3.63, 3.8) is 0 Å². The van der Waals surface area contributed by atoms with Crippen LogP contribution in [0.5, 0.6) is 17.2 Å². The van der Waals surface area contributed by atoms with E-state index in [1.165, 1.54) is 0 Å². The van der Waals surface area contributed by atoms with Crippen molar-refractivity contribution in [1.82, 2.24) is 9.78 Å². The lowest BCUT2D eigenvalue weighted by Gasteiger charge is -2.13. The number of ether oxygens (including phenoxy) is 2. The van der Waals surface area contributed by atoms with Gasteiger partial charge in [0.05, 0.1) is 24.1 Å². The number of para-hydroxylation sites is 2. The quantitative estimate of drug-likeness (QED) is 0.416. The minimum absolute atomic E-state index is 0.229. The largest absolute Gasteiger partial charge is 0.496 e. The molecule has 0 saturated carbocycles. The van der Waals surface area contributed by atoms with Crippen molar-refractivity contribution in [3.8, 4) is 22.9 Å². The van der Waals surface area contributed by atoms with Crippen LogP contribution in [-0.4, -0.2) is 22.8 Å². The first-order valence-corrected chi connectivity index (χ1v) is 11.3. The summed E-state index contributed by atoms with van der Waals surface area (Å²) >= 11 is 1.79. The van der Waals surface area contributed by atoms with Gasteiger partial charge in [0.2, 0.25) is 0 Å². The number of aromatic nitrogens is 2. The van der Waals surface area contributed by atoms with E-state index >= 15 is 0 Å². The Morgan fingerprint density at radius 3 is 2.44 bits per heavy atom. The predicted octanol–water partition coefficient (Wildman–Crippen LogP) is 5.67. The first kappa shape index (κ1) is 20.2. The Bertz CT molecular complexity index is 1250. The third-order valence-corrected chi connectivity index (χ3v) is 6.17. The lowest BCUT2D eigenvalue weighted by Crippen LogP contribution is -2.17. The highest BCUT2D eigenvalue weighted by atomic mass is 32.2. The Hall–Kier alpha value is -3.71. The Labute approximate surface area is 190 Å². The molecule has 1 aromatic heterocycles. The molecule has 1 amide bonds. The van der Waals surface area contributed by atoms with E-state index < -0.39 is 0 Å². The molecular weight excluding hydrogens is 422 g/mol. The highest BCUT2D eigenvalue weighted by molar-refractivity contribution is 7.98. The van der Waals surface area contributed by atoms with Crippen LogP contribution in [0.15, 0.2) is 78.9 Å². The second-order valence-electron chi connectivity index (χ2n) is 7.24. The summed E-state index contributed by atoms with van der Waals surface area (Å²) in [5.41, 5.74) is 3.38. The molecule has 1 aliphatic heterocycles. The molecule has 0 unspecified atom stereocenters. The molecule has 2 heterocycles. The second kappa shape index (κ2) is 8.80. The molecule has 0 aliphatic carbocycles. The lowest BCUT2D eigenvalue weighted by atomic mass is 10.2. The van der Waals surface area contributed by atoms with Gasteiger partial charge in [-0.05, 0) is 48.5 Å². The minimum Gasteiger partial charge on any atom is -0.496 e. The van der Waals surface area contributed by atoms with Crippen LogP contribution in [0.1, 0.15) is 21.6 Å². The number of nitrogens with one attached hydrogen (secondary N) is 1. The van der Waals surface area contributed by atoms with Crippen molar-refractivity contribution < 1.29 is 14.3 Å². The number of rotatable bonds is 6. The molecule has 0 saturated heterocycles. The fourth-order valence-electron chi connectivity index (χ4n) is 3.62. The third kappa shape index (κ3) is 3.94. The maximum Gasteiger partial charge on any atom is 0.260 e. The standard InChI is InChI=1S/C25H21N3O3S/c1-30-23-10-6-5-9-20(23)25(29)26-24-21-15-32-16-22(21)27-28(24)17-11-13-19(14-12-17)31-18-7-3-2-4-8-18/h2-14H,15-16H2,1H3,(H,26,29). The maximum absolute atomic E-state index is 13.1. The summed E-state index contributed by atoms with van der Waals surface area (Å²) in [6.07, 6.45) is 0. The van der Waals surface area contributed by atoms with E-state index in [-0.39, 0.29) is 5.91 Å². The molecule has 6 nitrogen and oxygen atoms in total. The highest BCUT2D eigenvalue weighted by Crippen LogP contribution is 2.37. The van der Waals surface area contributed by atoms with Gasteiger partial charge in [-0.25, -0.2) is 4.68 Å². The molecule has 0 fully saturated rings. The van der Waals surface area contributed by atoms with Crippen LogP contribution in [0, 0.1) is 0 Å². The first-order chi connectivity index (χ1) is 15.7. The smallest absolute Gasteiger partial charge is 0.260 e. The SMILES string of the molecule is COc1ccccc1C(=O)Nc1c2c(nn1-c1ccc(Oc3ccccc3)cc1)CSC2. The molecule has 160 valence electrons. The van der Waals surface area contributed by atoms with E-state index in [1.807, 2.05) is 66.7 Å². The van der Waals surface area contributed by atoms with Crippen LogP contribution in [0.3, 0.4) is 0 Å². The van der Waals surface area contributed by atoms with Gasteiger partial charge in [-0.3, -0.25) is 4.79 Å². The van der Waals surface area contributed by atoms with Gasteiger partial charge < -0.3 is 14.8 Å². The van der Waals surface area contributed by atoms with Gasteiger partial charge in [0.15, 0.2) is 0 Å². The molecule has 7 heteroatoms. The van der Waals surface area contributed by atoms with Crippen LogP contribution in [0.2, 0.25) is 0 Å². The second-order valence-corrected chi connectivity index (χ2v) is 8.23. The number of hydrogen-bond donors (Lipinski definition) is 1. The number of hydrogen-bond acceptors (Lipinski definition) is 5. The number of fused-ring (bicyclic) bond motifs is 1. The number of amides is 1. The van der Waals surface area contributed by atoms with Crippen molar-refractivity contribution in [1.29, 1.82) is 0 Å². The molecule has 3 aromatic carbocycles. The average Bonchev–Trinajstić information content (AvgIpc) is 3.43. The Balaban J connectivity index is 1.44. The number of methoxy groups -OCH3 is 1. The van der Waals surface area contributed by atoms with Gasteiger partial charge in [0, 0.05) is 17.1 Å². The Morgan fingerprint density at radius 1 is 0.938 bits per heavy atom. The summed E-state index contributed by atoms with van der Waals surface area (Å²) in [4.78, 5) is 13.1. The summed E-state index contributed by atoms with van der Waals surface area (Å²) < 4.78 is 13.0. The number of carbonyl (C=O) groups is 1. The molecule has 4 aromatic rings. The lowest BCUT2D eigenvalue weighted by molar-refractivity contribution is 0.102. The minimum atomic E-state index is -0.229. The first-order valence-electron chi connectivity index (χ1n) is 10.2. The van der Waals surface area contributed by atoms with E-state index in [2.05, 4.69) is 5.32 Å². The van der Waals surface area contributed by atoms with Gasteiger partial charge in [-0.15, -0.1) is 0 Å². The molecule has 32 heavy (non-hydrogen) atoms. The van der Waals surface area contributed by atoms with Crippen LogP contribution < -0.4 is 14.8 Å². The average molecular weight is 444 g/mol. The van der Waals surface area contributed by atoms with E-state index in [0.717, 1.165) is 39.9 Å². The van der Waals surface area contributed by atoms with E-state index in [9.17, 15) is 4.79 Å². The topological polar surface area (TPSA) is 65.4 Å². The van der Waals surface area contributed by atoms with E-state index in [4.69, 9.17) is 14.6 Å². The summed E-state index contributed by atoms with van der Waals surface area (Å²) in [7, 11) is 1.56. The summed E-state index contributed by atoms with van der Waals surface area (Å²) in [5.74, 6) is 4.14. The number of thioether (sulfide) groups is 1. The van der Waals surface area contributed by atoms with Gasteiger partial charge >= 0.3 is 0 Å². The van der Waals surface area contributed by atoms with Crippen LogP contribution >= 0.6 is 11.8 Å². The normalized spacial score (nSPS) is 12.3. The van der Waals surface area contributed by atoms with E-state index in [1.54, 1.807) is 35.7 Å². The Morgan fingerprint density at radius 2 is 1.66 bits per heavy atom. The van der Waals surface area contributed by atoms with Crippen LogP contribution in [0.4, 0.5) is 5.82 Å². The van der Waals surface area contributed by atoms with Gasteiger partial charge in [-0.1, -0.05) is 30.3 Å². The monoisotopic (exact) mass is 443 g/mol. The zero-order chi connectivity index (χ0) is 21.9.